The van der Waals surface area contributed by atoms with E-state index in [9.17, 15) is 8.42 Å². The van der Waals surface area contributed by atoms with Gasteiger partial charge in [-0.1, -0.05) is 19.9 Å². The second-order valence-electron chi connectivity index (χ2n) is 6.95. The highest BCUT2D eigenvalue weighted by Crippen LogP contribution is 2.18. The fourth-order valence-corrected chi connectivity index (χ4v) is 3.89. The lowest BCUT2D eigenvalue weighted by Gasteiger charge is -2.12. The predicted molar refractivity (Wildman–Crippen MR) is 102 cm³/mol. The normalized spacial score (nSPS) is 12.2. The van der Waals surface area contributed by atoms with Gasteiger partial charge in [-0.15, -0.1) is 0 Å². The Morgan fingerprint density at radius 2 is 1.92 bits per heavy atom. The lowest BCUT2D eigenvalue weighted by molar-refractivity contribution is 0.510. The van der Waals surface area contributed by atoms with Crippen molar-refractivity contribution >= 4 is 21.2 Å². The molecule has 0 unspecified atom stereocenters. The number of aromatic nitrogens is 3. The second-order valence-corrected chi connectivity index (χ2v) is 8.72. The number of benzene rings is 1. The Kier molecular flexibility index (Phi) is 5.11. The minimum atomic E-state index is -3.60. The largest absolute Gasteiger partial charge is 0.311 e. The van der Waals surface area contributed by atoms with Gasteiger partial charge in [0, 0.05) is 12.7 Å². The molecule has 0 radical (unpaired) electrons. The van der Waals surface area contributed by atoms with E-state index in [2.05, 4.69) is 28.5 Å². The van der Waals surface area contributed by atoms with Crippen LogP contribution in [-0.4, -0.2) is 23.0 Å². The van der Waals surface area contributed by atoms with Gasteiger partial charge < -0.3 is 4.57 Å². The van der Waals surface area contributed by atoms with Gasteiger partial charge in [0.05, 0.1) is 11.4 Å². The van der Waals surface area contributed by atoms with Gasteiger partial charge in [0.1, 0.15) is 11.3 Å². The Balaban J connectivity index is 1.90. The summed E-state index contributed by atoms with van der Waals surface area (Å²) < 4.78 is 30.0. The van der Waals surface area contributed by atoms with Crippen LogP contribution < -0.4 is 4.72 Å². The zero-order valence-electron chi connectivity index (χ0n) is 15.5. The quantitative estimate of drug-likeness (QED) is 0.721. The Bertz CT molecular complexity index is 1040. The molecule has 0 aliphatic rings. The molecule has 0 saturated heterocycles. The summed E-state index contributed by atoms with van der Waals surface area (Å²) in [6.45, 7) is 8.94. The minimum absolute atomic E-state index is 0.123. The molecule has 6 nitrogen and oxygen atoms in total. The lowest BCUT2D eigenvalue weighted by Crippen LogP contribution is -2.25. The Morgan fingerprint density at radius 1 is 1.15 bits per heavy atom. The molecule has 2 aromatic heterocycles. The predicted octanol–water partition coefficient (Wildman–Crippen LogP) is 3.18. The summed E-state index contributed by atoms with van der Waals surface area (Å²) in [6.07, 6.45) is 1.73. The van der Waals surface area contributed by atoms with Gasteiger partial charge in [0.25, 0.3) is 0 Å². The zero-order valence-corrected chi connectivity index (χ0v) is 16.3. The van der Waals surface area contributed by atoms with Crippen LogP contribution in [0, 0.1) is 19.8 Å². The maximum absolute atomic E-state index is 12.7. The van der Waals surface area contributed by atoms with Gasteiger partial charge in [0.2, 0.25) is 10.0 Å². The number of fused-ring (bicyclic) bond motifs is 1. The fourth-order valence-electron chi connectivity index (χ4n) is 2.82. The molecule has 0 atom stereocenters. The van der Waals surface area contributed by atoms with Crippen molar-refractivity contribution in [1.29, 1.82) is 0 Å². The molecule has 0 fully saturated rings. The zero-order chi connectivity index (χ0) is 18.9. The molecule has 26 heavy (non-hydrogen) atoms. The summed E-state index contributed by atoms with van der Waals surface area (Å²) in [4.78, 5) is 9.24. The van der Waals surface area contributed by atoms with Crippen LogP contribution in [0.3, 0.4) is 0 Å². The molecular weight excluding hydrogens is 348 g/mol. The average molecular weight is 372 g/mol. The molecule has 0 saturated carbocycles. The van der Waals surface area contributed by atoms with Crippen LogP contribution in [0.4, 0.5) is 0 Å². The summed E-state index contributed by atoms with van der Waals surface area (Å²) in [5.41, 5.74) is 3.56. The van der Waals surface area contributed by atoms with E-state index in [1.807, 2.05) is 36.6 Å². The van der Waals surface area contributed by atoms with Crippen molar-refractivity contribution in [3.8, 4) is 0 Å². The topological polar surface area (TPSA) is 76.9 Å². The van der Waals surface area contributed by atoms with Crippen molar-refractivity contribution in [3.63, 3.8) is 0 Å². The standard InChI is InChI=1S/C19H24N4O2S/c1-13(2)12-23-18(22-17-6-5-9-20-19(17)23)11-21-26(24,25)16-8-7-14(3)15(4)10-16/h5-10,13,21H,11-12H2,1-4H3. The Hall–Kier alpha value is -2.25. The molecule has 1 N–H and O–H groups in total. The van der Waals surface area contributed by atoms with Gasteiger partial charge >= 0.3 is 0 Å². The smallest absolute Gasteiger partial charge is 0.240 e. The number of imidazole rings is 1. The molecule has 0 bridgehead atoms. The monoisotopic (exact) mass is 372 g/mol. The van der Waals surface area contributed by atoms with E-state index in [-0.39, 0.29) is 11.4 Å². The maximum Gasteiger partial charge on any atom is 0.240 e. The third kappa shape index (κ3) is 3.78. The lowest BCUT2D eigenvalue weighted by atomic mass is 10.1. The molecule has 0 amide bonds. The first-order valence-electron chi connectivity index (χ1n) is 8.65. The van der Waals surface area contributed by atoms with Crippen LogP contribution in [-0.2, 0) is 23.1 Å². The molecular formula is C19H24N4O2S. The fraction of sp³-hybridized carbons (Fsp3) is 0.368. The van der Waals surface area contributed by atoms with Crippen molar-refractivity contribution in [2.24, 2.45) is 5.92 Å². The number of aryl methyl sites for hydroxylation is 2. The summed E-state index contributed by atoms with van der Waals surface area (Å²) in [7, 11) is -3.60. The van der Waals surface area contributed by atoms with Crippen molar-refractivity contribution < 1.29 is 8.42 Å². The molecule has 3 aromatic rings. The van der Waals surface area contributed by atoms with Crippen molar-refractivity contribution in [2.45, 2.75) is 45.7 Å². The van der Waals surface area contributed by atoms with E-state index >= 15 is 0 Å². The first-order chi connectivity index (χ1) is 12.3. The van der Waals surface area contributed by atoms with E-state index in [0.29, 0.717) is 11.7 Å². The number of pyridine rings is 1. The van der Waals surface area contributed by atoms with Gasteiger partial charge in [-0.05, 0) is 55.2 Å². The number of hydrogen-bond donors (Lipinski definition) is 1. The van der Waals surface area contributed by atoms with E-state index in [1.54, 1.807) is 18.3 Å². The van der Waals surface area contributed by atoms with Crippen LogP contribution in [0.15, 0.2) is 41.4 Å². The van der Waals surface area contributed by atoms with Crippen LogP contribution >= 0.6 is 0 Å². The number of sulfonamides is 1. The number of rotatable bonds is 6. The van der Waals surface area contributed by atoms with E-state index < -0.39 is 10.0 Å². The molecule has 138 valence electrons. The van der Waals surface area contributed by atoms with Gasteiger partial charge in [-0.3, -0.25) is 0 Å². The first kappa shape index (κ1) is 18.5. The van der Waals surface area contributed by atoms with E-state index in [1.165, 1.54) is 0 Å². The Morgan fingerprint density at radius 3 is 2.62 bits per heavy atom. The van der Waals surface area contributed by atoms with Crippen LogP contribution in [0.5, 0.6) is 0 Å². The molecule has 0 spiro atoms. The summed E-state index contributed by atoms with van der Waals surface area (Å²) in [5, 5.41) is 0. The maximum atomic E-state index is 12.7. The van der Waals surface area contributed by atoms with Crippen molar-refractivity contribution in [1.82, 2.24) is 19.3 Å². The van der Waals surface area contributed by atoms with Gasteiger partial charge in [-0.25, -0.2) is 23.1 Å². The highest BCUT2D eigenvalue weighted by molar-refractivity contribution is 7.89. The SMILES string of the molecule is Cc1ccc(S(=O)(=O)NCc2nc3cccnc3n2CC(C)C)cc1C. The third-order valence-electron chi connectivity index (χ3n) is 4.34. The average Bonchev–Trinajstić information content (AvgIpc) is 2.93. The Labute approximate surface area is 154 Å². The molecule has 0 aliphatic carbocycles. The molecule has 1 aromatic carbocycles. The highest BCUT2D eigenvalue weighted by Gasteiger charge is 2.18. The molecule has 3 rings (SSSR count). The number of hydrogen-bond acceptors (Lipinski definition) is 4. The number of nitrogens with zero attached hydrogens (tertiary/aromatic N) is 3. The van der Waals surface area contributed by atoms with Crippen LogP contribution in [0.1, 0.15) is 30.8 Å². The van der Waals surface area contributed by atoms with Crippen molar-refractivity contribution in [3.05, 3.63) is 53.5 Å². The summed E-state index contributed by atoms with van der Waals surface area (Å²) >= 11 is 0. The van der Waals surface area contributed by atoms with Gasteiger partial charge in [-0.2, -0.15) is 0 Å². The number of nitrogens with one attached hydrogen (secondary N) is 1. The molecule has 0 aliphatic heterocycles. The summed E-state index contributed by atoms with van der Waals surface area (Å²) in [5.74, 6) is 1.06. The van der Waals surface area contributed by atoms with Crippen LogP contribution in [0.2, 0.25) is 0 Å². The second kappa shape index (κ2) is 7.17. The van der Waals surface area contributed by atoms with Crippen LogP contribution in [0.25, 0.3) is 11.2 Å². The van der Waals surface area contributed by atoms with E-state index in [0.717, 1.165) is 28.8 Å². The summed E-state index contributed by atoms with van der Waals surface area (Å²) in [6, 6.07) is 8.86. The van der Waals surface area contributed by atoms with Crippen molar-refractivity contribution in [2.75, 3.05) is 0 Å². The van der Waals surface area contributed by atoms with E-state index in [4.69, 9.17) is 0 Å². The van der Waals surface area contributed by atoms with Gasteiger partial charge in [0.15, 0.2) is 5.65 Å². The first-order valence-corrected chi connectivity index (χ1v) is 10.1. The third-order valence-corrected chi connectivity index (χ3v) is 5.74. The minimum Gasteiger partial charge on any atom is -0.311 e. The highest BCUT2D eigenvalue weighted by atomic mass is 32.2. The molecule has 7 heteroatoms. The molecule has 2 heterocycles.